The average molecular weight is 442 g/mol. The molecule has 3 aromatic rings. The first-order valence-electron chi connectivity index (χ1n) is 10.9. The molecule has 0 bridgehead atoms. The molecule has 5 heteroatoms. The summed E-state index contributed by atoms with van der Waals surface area (Å²) in [5, 5.41) is 2.33. The van der Waals surface area contributed by atoms with Crippen molar-refractivity contribution < 1.29 is 22.0 Å². The van der Waals surface area contributed by atoms with E-state index in [9.17, 15) is 22.0 Å². The molecule has 3 aromatic carbocycles. The molecule has 0 nitrogen and oxygen atoms in total. The van der Waals surface area contributed by atoms with Crippen molar-refractivity contribution in [3.8, 4) is 11.8 Å². The summed E-state index contributed by atoms with van der Waals surface area (Å²) >= 11 is 0. The van der Waals surface area contributed by atoms with Gasteiger partial charge in [0.15, 0.2) is 0 Å². The summed E-state index contributed by atoms with van der Waals surface area (Å²) in [7, 11) is 0. The standard InChI is InChI=1S/C27H23F5/c1-2-3-6-18-10-13-22-20-8-5-4-7-19(20)11-14-23(22)21(18)12-9-17-15-24(28)26(25(29)16-17)27(30,31)32/h4-5,7-8,11,14-16,18,21H,2-3,6,10,13H2,1H3/t18-,21+/m1/s1. The van der Waals surface area contributed by atoms with Gasteiger partial charge in [-0.2, -0.15) is 13.2 Å². The Morgan fingerprint density at radius 2 is 1.72 bits per heavy atom. The zero-order valence-electron chi connectivity index (χ0n) is 17.7. The lowest BCUT2D eigenvalue weighted by atomic mass is 9.72. The van der Waals surface area contributed by atoms with Gasteiger partial charge in [0.2, 0.25) is 0 Å². The molecule has 0 fully saturated rings. The van der Waals surface area contributed by atoms with E-state index in [0.717, 1.165) is 43.1 Å². The van der Waals surface area contributed by atoms with Gasteiger partial charge in [-0.05, 0) is 59.2 Å². The maximum atomic E-state index is 14.0. The summed E-state index contributed by atoms with van der Waals surface area (Å²) in [4.78, 5) is 0. The van der Waals surface area contributed by atoms with Crippen molar-refractivity contribution >= 4 is 10.8 Å². The lowest BCUT2D eigenvalue weighted by Crippen LogP contribution is -2.20. The minimum absolute atomic E-state index is 0.0878. The molecular weight excluding hydrogens is 419 g/mol. The second kappa shape index (κ2) is 8.94. The van der Waals surface area contributed by atoms with Crippen molar-refractivity contribution in [1.29, 1.82) is 0 Å². The zero-order valence-corrected chi connectivity index (χ0v) is 17.7. The van der Waals surface area contributed by atoms with E-state index in [-0.39, 0.29) is 11.5 Å². The number of fused-ring (bicyclic) bond motifs is 3. The van der Waals surface area contributed by atoms with Gasteiger partial charge in [-0.15, -0.1) is 0 Å². The highest BCUT2D eigenvalue weighted by molar-refractivity contribution is 5.87. The topological polar surface area (TPSA) is 0 Å². The van der Waals surface area contributed by atoms with Crippen molar-refractivity contribution in [2.24, 2.45) is 5.92 Å². The highest BCUT2D eigenvalue weighted by Gasteiger charge is 2.38. The lowest BCUT2D eigenvalue weighted by Gasteiger charge is -2.31. The number of hydrogen-bond acceptors (Lipinski definition) is 0. The van der Waals surface area contributed by atoms with Crippen LogP contribution >= 0.6 is 0 Å². The van der Waals surface area contributed by atoms with Gasteiger partial charge in [0.25, 0.3) is 0 Å². The maximum absolute atomic E-state index is 14.0. The second-order valence-electron chi connectivity index (χ2n) is 8.36. The minimum Gasteiger partial charge on any atom is -0.206 e. The van der Waals surface area contributed by atoms with E-state index in [1.54, 1.807) is 0 Å². The zero-order chi connectivity index (χ0) is 22.9. The molecule has 0 aromatic heterocycles. The number of halogens is 5. The largest absolute Gasteiger partial charge is 0.422 e. The summed E-state index contributed by atoms with van der Waals surface area (Å²) in [6, 6.07) is 13.6. The van der Waals surface area contributed by atoms with Crippen LogP contribution in [-0.2, 0) is 12.6 Å². The molecule has 0 heterocycles. The van der Waals surface area contributed by atoms with Crippen LogP contribution in [0.25, 0.3) is 10.8 Å². The third-order valence-electron chi connectivity index (χ3n) is 6.27. The molecule has 0 aliphatic heterocycles. The van der Waals surface area contributed by atoms with Gasteiger partial charge in [0.1, 0.15) is 17.2 Å². The molecule has 2 atom stereocenters. The first-order chi connectivity index (χ1) is 15.3. The van der Waals surface area contributed by atoms with Gasteiger partial charge in [-0.3, -0.25) is 0 Å². The summed E-state index contributed by atoms with van der Waals surface area (Å²) in [6.45, 7) is 2.12. The minimum atomic E-state index is -5.09. The fraction of sp³-hybridized carbons (Fsp3) is 0.333. The van der Waals surface area contributed by atoms with Crippen LogP contribution < -0.4 is 0 Å². The second-order valence-corrected chi connectivity index (χ2v) is 8.36. The fourth-order valence-corrected chi connectivity index (χ4v) is 4.72. The predicted octanol–water partition coefficient (Wildman–Crippen LogP) is 8.02. The Morgan fingerprint density at radius 3 is 2.41 bits per heavy atom. The van der Waals surface area contributed by atoms with Crippen molar-refractivity contribution in [2.75, 3.05) is 0 Å². The van der Waals surface area contributed by atoms with Crippen LogP contribution in [-0.4, -0.2) is 0 Å². The Hall–Kier alpha value is -2.87. The van der Waals surface area contributed by atoms with Crippen molar-refractivity contribution in [3.05, 3.63) is 82.4 Å². The van der Waals surface area contributed by atoms with Gasteiger partial charge >= 0.3 is 6.18 Å². The Bertz CT molecular complexity index is 1170. The first kappa shape index (κ1) is 22.3. The average Bonchev–Trinajstić information content (AvgIpc) is 2.74. The Kier molecular flexibility index (Phi) is 6.24. The summed E-state index contributed by atoms with van der Waals surface area (Å²) in [5.74, 6) is 2.82. The fourth-order valence-electron chi connectivity index (χ4n) is 4.72. The lowest BCUT2D eigenvalue weighted by molar-refractivity contribution is -0.142. The molecule has 0 saturated carbocycles. The Balaban J connectivity index is 1.76. The van der Waals surface area contributed by atoms with Gasteiger partial charge in [0, 0.05) is 11.5 Å². The van der Waals surface area contributed by atoms with Crippen LogP contribution in [0.15, 0.2) is 48.5 Å². The molecule has 0 saturated heterocycles. The highest BCUT2D eigenvalue weighted by Crippen LogP contribution is 2.41. The van der Waals surface area contributed by atoms with Crippen LogP contribution in [0.3, 0.4) is 0 Å². The molecule has 0 amide bonds. The molecular formula is C27H23F5. The van der Waals surface area contributed by atoms with Gasteiger partial charge in [-0.25, -0.2) is 8.78 Å². The molecule has 0 unspecified atom stereocenters. The van der Waals surface area contributed by atoms with Crippen LogP contribution in [0.1, 0.15) is 60.8 Å². The quantitative estimate of drug-likeness (QED) is 0.285. The number of aryl methyl sites for hydroxylation is 1. The van der Waals surface area contributed by atoms with E-state index in [1.165, 1.54) is 10.9 Å². The van der Waals surface area contributed by atoms with Gasteiger partial charge in [0.05, 0.1) is 0 Å². The van der Waals surface area contributed by atoms with Crippen LogP contribution in [0.4, 0.5) is 22.0 Å². The Labute approximate surface area is 184 Å². The third kappa shape index (κ3) is 4.37. The molecule has 1 aliphatic carbocycles. The van der Waals surface area contributed by atoms with E-state index in [2.05, 4.69) is 43.0 Å². The number of unbranched alkanes of at least 4 members (excludes halogenated alkanes) is 1. The van der Waals surface area contributed by atoms with Crippen molar-refractivity contribution in [2.45, 2.75) is 51.1 Å². The van der Waals surface area contributed by atoms with E-state index < -0.39 is 23.4 Å². The summed E-state index contributed by atoms with van der Waals surface area (Å²) in [6.07, 6.45) is -0.110. The summed E-state index contributed by atoms with van der Waals surface area (Å²) in [5.41, 5.74) is 0.379. The van der Waals surface area contributed by atoms with E-state index in [1.807, 2.05) is 12.1 Å². The number of hydrogen-bond donors (Lipinski definition) is 0. The Morgan fingerprint density at radius 1 is 1.00 bits per heavy atom. The van der Waals surface area contributed by atoms with Crippen molar-refractivity contribution in [3.63, 3.8) is 0 Å². The van der Waals surface area contributed by atoms with E-state index >= 15 is 0 Å². The van der Waals surface area contributed by atoms with Crippen LogP contribution in [0, 0.1) is 29.4 Å². The van der Waals surface area contributed by atoms with Crippen LogP contribution in [0.2, 0.25) is 0 Å². The maximum Gasteiger partial charge on any atom is 0.422 e. The molecule has 32 heavy (non-hydrogen) atoms. The smallest absolute Gasteiger partial charge is 0.206 e. The van der Waals surface area contributed by atoms with E-state index in [0.29, 0.717) is 18.1 Å². The molecule has 0 N–H and O–H groups in total. The highest BCUT2D eigenvalue weighted by atomic mass is 19.4. The number of benzene rings is 3. The number of rotatable bonds is 3. The monoisotopic (exact) mass is 442 g/mol. The van der Waals surface area contributed by atoms with Gasteiger partial charge in [-0.1, -0.05) is 68.0 Å². The van der Waals surface area contributed by atoms with Crippen LogP contribution in [0.5, 0.6) is 0 Å². The first-order valence-corrected chi connectivity index (χ1v) is 10.9. The normalized spacial score (nSPS) is 18.2. The van der Waals surface area contributed by atoms with E-state index in [4.69, 9.17) is 0 Å². The molecule has 0 radical (unpaired) electrons. The summed E-state index contributed by atoms with van der Waals surface area (Å²) < 4.78 is 66.6. The molecule has 4 rings (SSSR count). The molecule has 1 aliphatic rings. The van der Waals surface area contributed by atoms with Gasteiger partial charge < -0.3 is 0 Å². The van der Waals surface area contributed by atoms with Crippen molar-refractivity contribution in [1.82, 2.24) is 0 Å². The third-order valence-corrected chi connectivity index (χ3v) is 6.27. The predicted molar refractivity (Wildman–Crippen MR) is 116 cm³/mol. The molecule has 0 spiro atoms. The SMILES string of the molecule is CCCC[C@@H]1CCc2c(ccc3ccccc23)[C@H]1C#Cc1cc(F)c(C(F)(F)F)c(F)c1. The molecule has 166 valence electrons. The number of alkyl halides is 3.